The summed E-state index contributed by atoms with van der Waals surface area (Å²) < 4.78 is 2.55. The summed E-state index contributed by atoms with van der Waals surface area (Å²) in [4.78, 5) is 7.08. The van der Waals surface area contributed by atoms with Gasteiger partial charge in [-0.15, -0.1) is 0 Å². The van der Waals surface area contributed by atoms with Gasteiger partial charge in [0.15, 0.2) is 0 Å². The number of allylic oxidation sites excluding steroid dienone is 5. The van der Waals surface area contributed by atoms with E-state index in [1.54, 1.807) is 0 Å². The van der Waals surface area contributed by atoms with Crippen molar-refractivity contribution < 1.29 is 0 Å². The van der Waals surface area contributed by atoms with Crippen LogP contribution in [-0.4, -0.2) is 9.55 Å². The van der Waals surface area contributed by atoms with Crippen molar-refractivity contribution >= 4 is 55.7 Å². The van der Waals surface area contributed by atoms with E-state index < -0.39 is 0 Å². The summed E-state index contributed by atoms with van der Waals surface area (Å²) in [7, 11) is 0. The van der Waals surface area contributed by atoms with Crippen molar-refractivity contribution in [2.24, 2.45) is 0 Å². The minimum Gasteiger partial charge on any atom is -0.333 e. The molecule has 3 heteroatoms. The molecule has 0 saturated heterocycles. The highest BCUT2D eigenvalue weighted by Gasteiger charge is 2.30. The van der Waals surface area contributed by atoms with Crippen LogP contribution < -0.4 is 4.90 Å². The lowest BCUT2D eigenvalue weighted by molar-refractivity contribution is 0.648. The highest BCUT2D eigenvalue weighted by Crippen LogP contribution is 2.54. The molecule has 0 bridgehead atoms. The molecule has 2 aromatic heterocycles. The van der Waals surface area contributed by atoms with Gasteiger partial charge in [0.1, 0.15) is 0 Å². The summed E-state index contributed by atoms with van der Waals surface area (Å²) in [6.45, 7) is 0. The van der Waals surface area contributed by atoms with Crippen molar-refractivity contribution in [3.8, 4) is 11.1 Å². The number of pyridine rings is 1. The van der Waals surface area contributed by atoms with Gasteiger partial charge >= 0.3 is 0 Å². The molecule has 0 amide bonds. The number of hydrogen-bond acceptors (Lipinski definition) is 2. The summed E-state index contributed by atoms with van der Waals surface area (Å²) in [5, 5.41) is 5.28. The molecule has 0 saturated carbocycles. The average molecular weight is 514 g/mol. The van der Waals surface area contributed by atoms with Crippen molar-refractivity contribution in [1.82, 2.24) is 9.55 Å². The first-order valence-electron chi connectivity index (χ1n) is 14.2. The summed E-state index contributed by atoms with van der Waals surface area (Å²) >= 11 is 0. The van der Waals surface area contributed by atoms with Gasteiger partial charge in [0, 0.05) is 39.0 Å². The Morgan fingerprint density at radius 2 is 1.62 bits per heavy atom. The van der Waals surface area contributed by atoms with E-state index in [9.17, 15) is 0 Å². The van der Waals surface area contributed by atoms with Crippen LogP contribution in [0.15, 0.2) is 116 Å². The summed E-state index contributed by atoms with van der Waals surface area (Å²) in [6.07, 6.45) is 20.7. The lowest BCUT2D eigenvalue weighted by Crippen LogP contribution is -2.17. The van der Waals surface area contributed by atoms with Gasteiger partial charge in [0.05, 0.1) is 34.8 Å². The SMILES string of the molecule is C1=CCC(n2c3ccccc3c3c4cccc5c4c(cc32)-c2ccncc2N5c2cccc3c2C=CCC3)C=C1. The van der Waals surface area contributed by atoms with Gasteiger partial charge in [-0.05, 0) is 66.1 Å². The molecule has 190 valence electrons. The number of hydrogen-bond donors (Lipinski definition) is 0. The Morgan fingerprint density at radius 3 is 2.58 bits per heavy atom. The first-order chi connectivity index (χ1) is 19.9. The van der Waals surface area contributed by atoms with Crippen LogP contribution in [0.1, 0.15) is 30.0 Å². The number of benzene rings is 4. The van der Waals surface area contributed by atoms with E-state index in [1.165, 1.54) is 66.2 Å². The minimum atomic E-state index is 0.292. The zero-order valence-electron chi connectivity index (χ0n) is 22.1. The topological polar surface area (TPSA) is 21.1 Å². The quantitative estimate of drug-likeness (QED) is 0.229. The molecule has 0 spiro atoms. The first kappa shape index (κ1) is 22.0. The summed E-state index contributed by atoms with van der Waals surface area (Å²) in [5.41, 5.74) is 11.4. The smallest absolute Gasteiger partial charge is 0.0724 e. The Balaban J connectivity index is 1.43. The van der Waals surface area contributed by atoms with E-state index in [4.69, 9.17) is 0 Å². The average Bonchev–Trinajstić information content (AvgIpc) is 3.36. The second kappa shape index (κ2) is 8.30. The van der Waals surface area contributed by atoms with Crippen molar-refractivity contribution in [2.75, 3.05) is 4.90 Å². The van der Waals surface area contributed by atoms with Crippen molar-refractivity contribution in [1.29, 1.82) is 0 Å². The summed E-state index contributed by atoms with van der Waals surface area (Å²) in [6, 6.07) is 27.4. The van der Waals surface area contributed by atoms with Crippen LogP contribution in [0, 0.1) is 0 Å². The first-order valence-corrected chi connectivity index (χ1v) is 14.2. The van der Waals surface area contributed by atoms with Gasteiger partial charge in [-0.2, -0.15) is 0 Å². The summed E-state index contributed by atoms with van der Waals surface area (Å²) in [5.74, 6) is 0. The molecule has 0 radical (unpaired) electrons. The Kier molecular flexibility index (Phi) is 4.56. The lowest BCUT2D eigenvalue weighted by atomic mass is 9.88. The van der Waals surface area contributed by atoms with E-state index in [0.717, 1.165) is 24.9 Å². The van der Waals surface area contributed by atoms with E-state index >= 15 is 0 Å². The fourth-order valence-corrected chi connectivity index (χ4v) is 7.29. The van der Waals surface area contributed by atoms with Crippen molar-refractivity contribution in [2.45, 2.75) is 25.3 Å². The molecule has 1 unspecified atom stereocenters. The Bertz CT molecular complexity index is 2110. The number of aromatic nitrogens is 2. The molecular weight excluding hydrogens is 486 g/mol. The molecule has 3 aliphatic rings. The maximum absolute atomic E-state index is 4.63. The van der Waals surface area contributed by atoms with E-state index in [2.05, 4.69) is 124 Å². The maximum Gasteiger partial charge on any atom is 0.0724 e. The second-order valence-electron chi connectivity index (χ2n) is 11.0. The maximum atomic E-state index is 4.63. The van der Waals surface area contributed by atoms with Crippen LogP contribution in [-0.2, 0) is 6.42 Å². The molecule has 9 rings (SSSR count). The third kappa shape index (κ3) is 2.92. The van der Waals surface area contributed by atoms with Crippen LogP contribution in [0.5, 0.6) is 0 Å². The number of anilines is 3. The molecule has 3 heterocycles. The van der Waals surface area contributed by atoms with Gasteiger partial charge in [0.2, 0.25) is 0 Å². The van der Waals surface area contributed by atoms with E-state index in [0.29, 0.717) is 6.04 Å². The highest BCUT2D eigenvalue weighted by molar-refractivity contribution is 6.28. The van der Waals surface area contributed by atoms with Gasteiger partial charge < -0.3 is 9.47 Å². The van der Waals surface area contributed by atoms with Crippen LogP contribution in [0.4, 0.5) is 17.1 Å². The molecule has 1 atom stereocenters. The van der Waals surface area contributed by atoms with Gasteiger partial charge in [0.25, 0.3) is 0 Å². The van der Waals surface area contributed by atoms with E-state index in [1.807, 2.05) is 12.4 Å². The molecule has 1 aliphatic heterocycles. The molecule has 6 aromatic rings. The third-order valence-corrected chi connectivity index (χ3v) is 8.95. The molecule has 40 heavy (non-hydrogen) atoms. The lowest BCUT2D eigenvalue weighted by Gasteiger charge is -2.35. The normalized spacial score (nSPS) is 17.1. The molecule has 0 N–H and O–H groups in total. The standard InChI is InChI=1S/C37H27N3/c1-2-12-25(13-3-1)39-32-17-7-6-15-28(32)36-29-16-9-19-33-37(29)30(22-34(36)39)27-20-21-38-23-35(27)40(33)31-18-8-11-24-10-4-5-14-26(24)31/h1-3,5-9,11-12,14-23,25H,4,10,13H2. The Labute approximate surface area is 233 Å². The zero-order valence-corrected chi connectivity index (χ0v) is 22.1. The monoisotopic (exact) mass is 513 g/mol. The number of nitrogens with zero attached hydrogens (tertiary/aromatic N) is 3. The van der Waals surface area contributed by atoms with Crippen LogP contribution >= 0.6 is 0 Å². The zero-order chi connectivity index (χ0) is 26.2. The fraction of sp³-hybridized carbons (Fsp3) is 0.108. The van der Waals surface area contributed by atoms with Gasteiger partial charge in [-0.1, -0.05) is 78.9 Å². The highest BCUT2D eigenvalue weighted by atomic mass is 15.2. The number of rotatable bonds is 2. The van der Waals surface area contributed by atoms with Crippen LogP contribution in [0.3, 0.4) is 0 Å². The Hall–Kier alpha value is -4.89. The van der Waals surface area contributed by atoms with Crippen molar-refractivity contribution in [3.63, 3.8) is 0 Å². The molecule has 3 nitrogen and oxygen atoms in total. The van der Waals surface area contributed by atoms with Crippen molar-refractivity contribution in [3.05, 3.63) is 127 Å². The Morgan fingerprint density at radius 1 is 0.725 bits per heavy atom. The number of fused-ring (bicyclic) bond motifs is 7. The molecule has 0 fully saturated rings. The molecule has 2 aliphatic carbocycles. The number of para-hydroxylation sites is 1. The van der Waals surface area contributed by atoms with E-state index in [-0.39, 0.29) is 0 Å². The van der Waals surface area contributed by atoms with Crippen LogP contribution in [0.2, 0.25) is 0 Å². The number of aryl methyl sites for hydroxylation is 1. The molecular formula is C37H27N3. The third-order valence-electron chi connectivity index (χ3n) is 8.95. The van der Waals surface area contributed by atoms with Gasteiger partial charge in [-0.3, -0.25) is 4.98 Å². The predicted octanol–water partition coefficient (Wildman–Crippen LogP) is 9.81. The minimum absolute atomic E-state index is 0.292. The largest absolute Gasteiger partial charge is 0.333 e. The van der Waals surface area contributed by atoms with Crippen LogP contribution in [0.25, 0.3) is 49.8 Å². The van der Waals surface area contributed by atoms with Gasteiger partial charge in [-0.25, -0.2) is 0 Å². The second-order valence-corrected chi connectivity index (χ2v) is 11.0. The molecule has 4 aromatic carbocycles. The fourth-order valence-electron chi connectivity index (χ4n) is 7.29. The predicted molar refractivity (Wildman–Crippen MR) is 168 cm³/mol.